The maximum atomic E-state index is 12.1. The molecule has 0 spiro atoms. The third-order valence-corrected chi connectivity index (χ3v) is 7.62. The third kappa shape index (κ3) is 3.62. The molecule has 3 rings (SSSR count). The second kappa shape index (κ2) is 8.30. The van der Waals surface area contributed by atoms with Crippen LogP contribution in [0.2, 0.25) is 0 Å². The summed E-state index contributed by atoms with van der Waals surface area (Å²) >= 11 is 0. The number of allylic oxidation sites excluding steroid dienone is 1. The van der Waals surface area contributed by atoms with Crippen molar-refractivity contribution in [3.05, 3.63) is 96.8 Å². The van der Waals surface area contributed by atoms with Crippen LogP contribution in [0.1, 0.15) is 6.92 Å². The van der Waals surface area contributed by atoms with Crippen molar-refractivity contribution in [1.29, 1.82) is 0 Å². The Labute approximate surface area is 155 Å². The summed E-state index contributed by atoms with van der Waals surface area (Å²) in [4.78, 5) is 0. The number of hydrogen-bond donors (Lipinski definition) is 0. The van der Waals surface area contributed by atoms with E-state index in [1.54, 1.807) is 6.92 Å². The first-order valence-corrected chi connectivity index (χ1v) is 9.37. The van der Waals surface area contributed by atoms with E-state index in [0.29, 0.717) is 0 Å². The van der Waals surface area contributed by atoms with Gasteiger partial charge in [0.1, 0.15) is 0 Å². The normalized spacial score (nSPS) is 10.4. The largest absolute Gasteiger partial charge is 1.00 e. The van der Waals surface area contributed by atoms with E-state index in [-0.39, 0.29) is 24.6 Å². The average molecular weight is 324 g/mol. The summed E-state index contributed by atoms with van der Waals surface area (Å²) < 4.78 is 0. The van der Waals surface area contributed by atoms with E-state index in [0.717, 1.165) is 15.9 Å². The van der Waals surface area contributed by atoms with Gasteiger partial charge in [-0.2, -0.15) is 0 Å². The predicted molar refractivity (Wildman–Crippen MR) is 99.3 cm³/mol. The van der Waals surface area contributed by atoms with Crippen molar-refractivity contribution in [2.75, 3.05) is 0 Å². The van der Waals surface area contributed by atoms with Gasteiger partial charge in [0, 0.05) is 6.89 Å². The molecule has 0 unspecified atom stereocenters. The van der Waals surface area contributed by atoms with Crippen LogP contribution in [-0.2, 0) is 0 Å². The van der Waals surface area contributed by atoms with Gasteiger partial charge in [-0.3, -0.25) is 0 Å². The van der Waals surface area contributed by atoms with Crippen LogP contribution in [0.5, 0.6) is 0 Å². The first kappa shape index (κ1) is 18.5. The molecule has 3 aromatic carbocycles. The molecule has 24 heavy (non-hydrogen) atoms. The summed E-state index contributed by atoms with van der Waals surface area (Å²) in [6.07, 6.45) is 0. The smallest absolute Gasteiger partial charge is 0.870 e. The Bertz CT molecular complexity index is 760. The van der Waals surface area contributed by atoms with Gasteiger partial charge in [-0.05, 0) is 22.8 Å². The molecule has 3 heteroatoms. The van der Waals surface area contributed by atoms with Gasteiger partial charge >= 0.3 is 18.9 Å². The van der Waals surface area contributed by atoms with E-state index in [1.165, 1.54) is 0 Å². The second-order valence-corrected chi connectivity index (χ2v) is 8.46. The van der Waals surface area contributed by atoms with Gasteiger partial charge in [-0.25, -0.2) is 0 Å². The van der Waals surface area contributed by atoms with Crippen LogP contribution in [0, 0.1) is 0 Å². The van der Waals surface area contributed by atoms with Crippen molar-refractivity contribution in [3.8, 4) is 0 Å². The summed E-state index contributed by atoms with van der Waals surface area (Å²) in [5.41, 5.74) is 3.31. The molecule has 0 saturated carbocycles. The van der Waals surface area contributed by atoms with E-state index in [4.69, 9.17) is 0 Å². The minimum Gasteiger partial charge on any atom is -0.870 e. The van der Waals surface area contributed by atoms with Gasteiger partial charge in [-0.1, -0.05) is 96.8 Å². The zero-order valence-corrected chi connectivity index (χ0v) is 14.9. The number of rotatable bonds is 3. The molecule has 0 aliphatic carbocycles. The Hall–Kier alpha value is -1.86. The molecule has 0 radical (unpaired) electrons. The third-order valence-electron chi connectivity index (χ3n) is 3.76. The fourth-order valence-corrected chi connectivity index (χ4v) is 6.44. The maximum Gasteiger partial charge on any atom is 1.00 e. The first-order valence-electron chi connectivity index (χ1n) is 7.58. The van der Waals surface area contributed by atoms with Crippen molar-refractivity contribution in [2.45, 2.75) is 6.92 Å². The van der Waals surface area contributed by atoms with Gasteiger partial charge in [0.2, 0.25) is 0 Å². The van der Waals surface area contributed by atoms with E-state index < -0.39 is 6.89 Å². The van der Waals surface area contributed by atoms with Crippen LogP contribution in [0.25, 0.3) is 0 Å². The zero-order chi connectivity index (χ0) is 16.1. The van der Waals surface area contributed by atoms with Gasteiger partial charge < -0.3 is 5.11 Å². The summed E-state index contributed by atoms with van der Waals surface area (Å²) in [7, 11) is 0. The molecule has 0 aliphatic heterocycles. The maximum absolute atomic E-state index is 12.1. The van der Waals surface area contributed by atoms with E-state index in [1.807, 2.05) is 54.6 Å². The van der Waals surface area contributed by atoms with E-state index in [2.05, 4.69) is 41.8 Å². The van der Waals surface area contributed by atoms with Crippen LogP contribution >= 0.6 is 6.89 Å². The second-order valence-electron chi connectivity index (χ2n) is 5.35. The molecule has 0 aromatic heterocycles. The molecule has 1 nitrogen and oxygen atoms in total. The van der Waals surface area contributed by atoms with Crippen molar-refractivity contribution in [3.63, 3.8) is 0 Å². The van der Waals surface area contributed by atoms with Crippen LogP contribution < -0.4 is 39.9 Å². The average Bonchev–Trinajstić information content (AvgIpc) is 2.62. The summed E-state index contributed by atoms with van der Waals surface area (Å²) in [5.74, 6) is -0.0186. The van der Waals surface area contributed by atoms with Gasteiger partial charge in [0.15, 0.2) is 0 Å². The molecule has 0 aliphatic rings. The molecule has 0 bridgehead atoms. The quantitative estimate of drug-likeness (QED) is 0.367. The zero-order valence-electron chi connectivity index (χ0n) is 14.0. The topological polar surface area (TPSA) is 23.1 Å². The monoisotopic (exact) mass is 324 g/mol. The van der Waals surface area contributed by atoms with Crippen LogP contribution in [0.3, 0.4) is 0 Å². The van der Waals surface area contributed by atoms with Crippen molar-refractivity contribution < 1.29 is 24.0 Å². The van der Waals surface area contributed by atoms with E-state index >= 15 is 0 Å². The van der Waals surface area contributed by atoms with Crippen molar-refractivity contribution in [1.82, 2.24) is 0 Å². The standard InChI is InChI=1S/C21H19OP.Li/c1-18(22)17-23(19-11-5-2-6-12-19,20-13-7-3-8-14-20)21-15-9-4-10-16-21;/h2-16,22H,1H3;/q;+1/p-1. The minimum atomic E-state index is -2.21. The predicted octanol–water partition coefficient (Wildman–Crippen LogP) is -0.350. The van der Waals surface area contributed by atoms with Crippen molar-refractivity contribution >= 4 is 28.3 Å². The molecule has 0 fully saturated rings. The SMILES string of the molecule is CC([O-])=C=P(c1ccccc1)(c1ccccc1)c1ccccc1.[Li+]. The Morgan fingerprint density at radius 1 is 0.667 bits per heavy atom. The molecule has 3 aromatic rings. The Balaban J connectivity index is 0.00000208. The first-order chi connectivity index (χ1) is 11.2. The summed E-state index contributed by atoms with van der Waals surface area (Å²) in [5, 5.41) is 15.5. The molecule has 0 amide bonds. The van der Waals surface area contributed by atoms with Gasteiger partial charge in [-0.15, -0.1) is 5.45 Å². The summed E-state index contributed by atoms with van der Waals surface area (Å²) in [6.45, 7) is -0.622. The molecular formula is C21H18LiOP. The Morgan fingerprint density at radius 2 is 0.958 bits per heavy atom. The summed E-state index contributed by atoms with van der Waals surface area (Å²) in [6, 6.07) is 30.8. The Morgan fingerprint density at radius 3 is 1.21 bits per heavy atom. The van der Waals surface area contributed by atoms with Crippen LogP contribution in [0.15, 0.2) is 96.8 Å². The number of benzene rings is 3. The van der Waals surface area contributed by atoms with Crippen LogP contribution in [0.4, 0.5) is 0 Å². The molecule has 0 N–H and O–H groups in total. The molecular weight excluding hydrogens is 306 g/mol. The number of hydrogen-bond acceptors (Lipinski definition) is 1. The molecule has 0 atom stereocenters. The van der Waals surface area contributed by atoms with Crippen molar-refractivity contribution in [2.24, 2.45) is 0 Å². The van der Waals surface area contributed by atoms with Gasteiger partial charge in [0.25, 0.3) is 0 Å². The molecule has 114 valence electrons. The fraction of sp³-hybridized carbons (Fsp3) is 0.0476. The molecule has 0 saturated heterocycles. The molecule has 0 heterocycles. The fourth-order valence-electron chi connectivity index (χ4n) is 2.83. The van der Waals surface area contributed by atoms with Gasteiger partial charge in [0.05, 0.1) is 0 Å². The van der Waals surface area contributed by atoms with Crippen LogP contribution in [-0.4, -0.2) is 5.45 Å². The van der Waals surface area contributed by atoms with E-state index in [9.17, 15) is 5.11 Å². The Kier molecular flexibility index (Phi) is 6.39. The minimum absolute atomic E-state index is 0.